The van der Waals surface area contributed by atoms with Crippen LogP contribution in [0, 0.1) is 13.8 Å². The second-order valence-electron chi connectivity index (χ2n) is 4.30. The summed E-state index contributed by atoms with van der Waals surface area (Å²) in [4.78, 5) is 19.6. The SMILES string of the molecule is Cc1nc(C)c(C(=O)O)c(SCc2ccc(O)cc2)n1. The maximum Gasteiger partial charge on any atom is 0.340 e. The van der Waals surface area contributed by atoms with Crippen LogP contribution in [0.2, 0.25) is 0 Å². The van der Waals surface area contributed by atoms with Gasteiger partial charge in [0.15, 0.2) is 0 Å². The van der Waals surface area contributed by atoms with Gasteiger partial charge in [-0.3, -0.25) is 0 Å². The number of carbonyl (C=O) groups is 1. The summed E-state index contributed by atoms with van der Waals surface area (Å²) in [5.74, 6) is 0.325. The number of aryl methyl sites for hydroxylation is 2. The van der Waals surface area contributed by atoms with E-state index in [9.17, 15) is 15.0 Å². The van der Waals surface area contributed by atoms with Gasteiger partial charge < -0.3 is 10.2 Å². The van der Waals surface area contributed by atoms with Gasteiger partial charge in [0.05, 0.1) is 5.69 Å². The summed E-state index contributed by atoms with van der Waals surface area (Å²) in [5, 5.41) is 18.9. The molecule has 0 saturated heterocycles. The molecule has 0 aliphatic rings. The zero-order valence-corrected chi connectivity index (χ0v) is 11.9. The smallest absolute Gasteiger partial charge is 0.340 e. The fourth-order valence-corrected chi connectivity index (χ4v) is 2.85. The van der Waals surface area contributed by atoms with Crippen molar-refractivity contribution in [2.75, 3.05) is 0 Å². The molecule has 0 atom stereocenters. The molecule has 0 aliphatic carbocycles. The highest BCUT2D eigenvalue weighted by Gasteiger charge is 2.17. The van der Waals surface area contributed by atoms with E-state index >= 15 is 0 Å². The van der Waals surface area contributed by atoms with Gasteiger partial charge in [0.2, 0.25) is 0 Å². The molecule has 2 aromatic rings. The van der Waals surface area contributed by atoms with E-state index in [-0.39, 0.29) is 11.3 Å². The quantitative estimate of drug-likeness (QED) is 0.665. The van der Waals surface area contributed by atoms with Crippen LogP contribution in [0.3, 0.4) is 0 Å². The van der Waals surface area contributed by atoms with Crippen molar-refractivity contribution in [3.8, 4) is 5.75 Å². The van der Waals surface area contributed by atoms with Gasteiger partial charge in [-0.05, 0) is 31.5 Å². The van der Waals surface area contributed by atoms with Crippen molar-refractivity contribution in [3.05, 3.63) is 46.9 Å². The number of aromatic carboxylic acids is 1. The third kappa shape index (κ3) is 3.27. The molecule has 0 radical (unpaired) electrons. The lowest BCUT2D eigenvalue weighted by molar-refractivity contribution is 0.0690. The molecule has 5 nitrogen and oxygen atoms in total. The van der Waals surface area contributed by atoms with Crippen LogP contribution < -0.4 is 0 Å². The first kappa shape index (κ1) is 14.3. The zero-order chi connectivity index (χ0) is 14.7. The molecular formula is C14H14N2O3S. The number of hydrogen-bond acceptors (Lipinski definition) is 5. The number of hydrogen-bond donors (Lipinski definition) is 2. The number of aromatic nitrogens is 2. The van der Waals surface area contributed by atoms with Crippen LogP contribution in [0.5, 0.6) is 5.75 Å². The molecule has 0 aliphatic heterocycles. The molecule has 0 unspecified atom stereocenters. The maximum absolute atomic E-state index is 11.3. The number of phenols is 1. The highest BCUT2D eigenvalue weighted by Crippen LogP contribution is 2.26. The third-order valence-corrected chi connectivity index (χ3v) is 3.74. The lowest BCUT2D eigenvalue weighted by atomic mass is 10.2. The van der Waals surface area contributed by atoms with Crippen LogP contribution in [0.1, 0.15) is 27.4 Å². The minimum Gasteiger partial charge on any atom is -0.508 e. The Labute approximate surface area is 120 Å². The highest BCUT2D eigenvalue weighted by molar-refractivity contribution is 7.98. The van der Waals surface area contributed by atoms with Crippen molar-refractivity contribution < 1.29 is 15.0 Å². The highest BCUT2D eigenvalue weighted by atomic mass is 32.2. The Morgan fingerprint density at radius 2 is 1.85 bits per heavy atom. The topological polar surface area (TPSA) is 83.3 Å². The van der Waals surface area contributed by atoms with Gasteiger partial charge >= 0.3 is 5.97 Å². The number of nitrogens with zero attached hydrogens (tertiary/aromatic N) is 2. The Kier molecular flexibility index (Phi) is 4.24. The Hall–Kier alpha value is -2.08. The summed E-state index contributed by atoms with van der Waals surface area (Å²) in [6.45, 7) is 3.41. The number of carboxylic acids is 1. The van der Waals surface area contributed by atoms with Gasteiger partial charge in [0.1, 0.15) is 22.2 Å². The van der Waals surface area contributed by atoms with Crippen molar-refractivity contribution in [1.82, 2.24) is 9.97 Å². The summed E-state index contributed by atoms with van der Waals surface area (Å²) in [7, 11) is 0. The van der Waals surface area contributed by atoms with Gasteiger partial charge in [-0.2, -0.15) is 0 Å². The first-order chi connectivity index (χ1) is 9.47. The van der Waals surface area contributed by atoms with E-state index in [0.717, 1.165) is 5.56 Å². The number of rotatable bonds is 4. The van der Waals surface area contributed by atoms with Crippen LogP contribution >= 0.6 is 11.8 Å². The molecule has 1 heterocycles. The fraction of sp³-hybridized carbons (Fsp3) is 0.214. The molecule has 0 spiro atoms. The lowest BCUT2D eigenvalue weighted by Gasteiger charge is -2.08. The van der Waals surface area contributed by atoms with Gasteiger partial charge in [-0.15, -0.1) is 11.8 Å². The summed E-state index contributed by atoms with van der Waals surface area (Å²) < 4.78 is 0. The predicted molar refractivity (Wildman–Crippen MR) is 76.1 cm³/mol. The first-order valence-corrected chi connectivity index (χ1v) is 6.95. The number of carboxylic acid groups (broad SMARTS) is 1. The Bertz CT molecular complexity index is 642. The van der Waals surface area contributed by atoms with Gasteiger partial charge in [0.25, 0.3) is 0 Å². The molecule has 2 rings (SSSR count). The van der Waals surface area contributed by atoms with Crippen molar-refractivity contribution in [3.63, 3.8) is 0 Å². The summed E-state index contributed by atoms with van der Waals surface area (Å²) in [5.41, 5.74) is 1.61. The minimum absolute atomic E-state index is 0.152. The standard InChI is InChI=1S/C14H14N2O3S/c1-8-12(14(18)19)13(16-9(2)15-8)20-7-10-3-5-11(17)6-4-10/h3-6,17H,7H2,1-2H3,(H,18,19). The van der Waals surface area contributed by atoms with Crippen molar-refractivity contribution >= 4 is 17.7 Å². The fourth-order valence-electron chi connectivity index (χ4n) is 1.78. The van der Waals surface area contributed by atoms with E-state index in [2.05, 4.69) is 9.97 Å². The molecule has 1 aromatic carbocycles. The molecule has 1 aromatic heterocycles. The van der Waals surface area contributed by atoms with Gasteiger partial charge in [-0.25, -0.2) is 14.8 Å². The normalized spacial score (nSPS) is 10.5. The van der Waals surface area contributed by atoms with Crippen LogP contribution in [-0.2, 0) is 5.75 Å². The molecule has 0 amide bonds. The van der Waals surface area contributed by atoms with Crippen LogP contribution in [0.4, 0.5) is 0 Å². The Balaban J connectivity index is 2.24. The van der Waals surface area contributed by atoms with Crippen LogP contribution in [0.25, 0.3) is 0 Å². The van der Waals surface area contributed by atoms with E-state index < -0.39 is 5.97 Å². The average molecular weight is 290 g/mol. The van der Waals surface area contributed by atoms with Crippen molar-refractivity contribution in [1.29, 1.82) is 0 Å². The molecule has 104 valence electrons. The second-order valence-corrected chi connectivity index (χ2v) is 5.26. The van der Waals surface area contributed by atoms with Gasteiger partial charge in [0, 0.05) is 5.75 Å². The molecule has 6 heteroatoms. The first-order valence-electron chi connectivity index (χ1n) is 5.96. The van der Waals surface area contributed by atoms with Crippen molar-refractivity contribution in [2.45, 2.75) is 24.6 Å². The number of phenolic OH excluding ortho intramolecular Hbond substituents is 1. The monoisotopic (exact) mass is 290 g/mol. The van der Waals surface area contributed by atoms with Crippen LogP contribution in [-0.4, -0.2) is 26.2 Å². The molecule has 2 N–H and O–H groups in total. The predicted octanol–water partition coefficient (Wildman–Crippen LogP) is 2.79. The maximum atomic E-state index is 11.3. The summed E-state index contributed by atoms with van der Waals surface area (Å²) in [6, 6.07) is 6.79. The Morgan fingerprint density at radius 3 is 2.45 bits per heavy atom. The Morgan fingerprint density at radius 1 is 1.20 bits per heavy atom. The minimum atomic E-state index is -1.02. The third-order valence-electron chi connectivity index (χ3n) is 2.69. The zero-order valence-electron chi connectivity index (χ0n) is 11.1. The van der Waals surface area contributed by atoms with E-state index in [4.69, 9.17) is 0 Å². The van der Waals surface area contributed by atoms with E-state index in [1.54, 1.807) is 38.1 Å². The van der Waals surface area contributed by atoms with E-state index in [1.807, 2.05) is 0 Å². The molecule has 0 bridgehead atoms. The molecule has 0 fully saturated rings. The average Bonchev–Trinajstić information content (AvgIpc) is 2.36. The number of aromatic hydroxyl groups is 1. The molecule has 0 saturated carbocycles. The van der Waals surface area contributed by atoms with Crippen molar-refractivity contribution in [2.24, 2.45) is 0 Å². The number of benzene rings is 1. The van der Waals surface area contributed by atoms with E-state index in [0.29, 0.717) is 22.3 Å². The largest absolute Gasteiger partial charge is 0.508 e. The second kappa shape index (κ2) is 5.92. The summed E-state index contributed by atoms with van der Waals surface area (Å²) in [6.07, 6.45) is 0. The van der Waals surface area contributed by atoms with E-state index in [1.165, 1.54) is 11.8 Å². The molecular weight excluding hydrogens is 276 g/mol. The number of thioether (sulfide) groups is 1. The lowest BCUT2D eigenvalue weighted by Crippen LogP contribution is -2.08. The summed E-state index contributed by atoms with van der Waals surface area (Å²) >= 11 is 1.35. The van der Waals surface area contributed by atoms with Gasteiger partial charge in [-0.1, -0.05) is 12.1 Å². The van der Waals surface area contributed by atoms with Crippen LogP contribution in [0.15, 0.2) is 29.3 Å². The molecule has 20 heavy (non-hydrogen) atoms.